The van der Waals surface area contributed by atoms with E-state index >= 15 is 0 Å². The molecule has 0 aliphatic carbocycles. The predicted molar refractivity (Wildman–Crippen MR) is 88.7 cm³/mol. The molecule has 0 spiro atoms. The van der Waals surface area contributed by atoms with Gasteiger partial charge < -0.3 is 8.85 Å². The van der Waals surface area contributed by atoms with Crippen LogP contribution in [0.25, 0.3) is 0 Å². The van der Waals surface area contributed by atoms with E-state index in [0.29, 0.717) is 17.8 Å². The Morgan fingerprint density at radius 3 is 2.05 bits per heavy atom. The summed E-state index contributed by atoms with van der Waals surface area (Å²) in [7, 11) is -3.41. The van der Waals surface area contributed by atoms with Crippen LogP contribution in [0.3, 0.4) is 0 Å². The van der Waals surface area contributed by atoms with E-state index in [2.05, 4.69) is 63.1 Å². The fourth-order valence-electron chi connectivity index (χ4n) is 1.61. The van der Waals surface area contributed by atoms with Crippen LogP contribution in [0.5, 0.6) is 11.9 Å². The van der Waals surface area contributed by atoms with Crippen molar-refractivity contribution in [2.75, 3.05) is 0 Å². The average molecular weight is 313 g/mol. The standard InChI is InChI=1S/C14H28N2O2Si2/c1-9-11(2)12-10-15-14(18-20(6,7)8)16-13(12)17-19(3,4)5/h10-11H,9H2,1-8H3/t11-/m0/s1. The Balaban J connectivity index is 3.14. The van der Waals surface area contributed by atoms with Crippen LogP contribution in [-0.2, 0) is 0 Å². The Labute approximate surface area is 125 Å². The molecule has 0 aliphatic heterocycles. The lowest BCUT2D eigenvalue weighted by Crippen LogP contribution is -2.32. The highest BCUT2D eigenvalue weighted by atomic mass is 28.4. The first-order chi connectivity index (χ1) is 9.02. The summed E-state index contributed by atoms with van der Waals surface area (Å²) >= 11 is 0. The van der Waals surface area contributed by atoms with Gasteiger partial charge in [-0.05, 0) is 51.6 Å². The van der Waals surface area contributed by atoms with E-state index in [0.717, 1.165) is 12.0 Å². The molecule has 0 bridgehead atoms. The molecule has 0 amide bonds. The quantitative estimate of drug-likeness (QED) is 0.729. The van der Waals surface area contributed by atoms with E-state index in [1.165, 1.54) is 0 Å². The first-order valence-corrected chi connectivity index (χ1v) is 14.1. The number of hydrogen-bond acceptors (Lipinski definition) is 4. The Hall–Kier alpha value is -0.886. The van der Waals surface area contributed by atoms with Gasteiger partial charge in [0.25, 0.3) is 0 Å². The van der Waals surface area contributed by atoms with Crippen LogP contribution in [0.1, 0.15) is 31.7 Å². The van der Waals surface area contributed by atoms with Gasteiger partial charge in [-0.3, -0.25) is 0 Å². The van der Waals surface area contributed by atoms with E-state index in [1.54, 1.807) is 0 Å². The molecule has 0 radical (unpaired) electrons. The maximum Gasteiger partial charge on any atom is 0.305 e. The van der Waals surface area contributed by atoms with Gasteiger partial charge in [0.2, 0.25) is 22.5 Å². The zero-order valence-corrected chi connectivity index (χ0v) is 16.1. The van der Waals surface area contributed by atoms with Gasteiger partial charge in [-0.2, -0.15) is 4.98 Å². The largest absolute Gasteiger partial charge is 0.531 e. The van der Waals surface area contributed by atoms with Gasteiger partial charge in [-0.15, -0.1) is 0 Å². The molecule has 1 heterocycles. The highest BCUT2D eigenvalue weighted by molar-refractivity contribution is 6.70. The van der Waals surface area contributed by atoms with Crippen molar-refractivity contribution in [3.8, 4) is 11.9 Å². The van der Waals surface area contributed by atoms with Gasteiger partial charge in [0.05, 0.1) is 0 Å². The van der Waals surface area contributed by atoms with Crippen molar-refractivity contribution in [1.29, 1.82) is 0 Å². The first kappa shape index (κ1) is 17.2. The van der Waals surface area contributed by atoms with Gasteiger partial charge in [0.15, 0.2) is 0 Å². The van der Waals surface area contributed by atoms with Crippen LogP contribution in [0.2, 0.25) is 39.3 Å². The Morgan fingerprint density at radius 2 is 1.60 bits per heavy atom. The summed E-state index contributed by atoms with van der Waals surface area (Å²) in [5.74, 6) is 1.10. The van der Waals surface area contributed by atoms with Crippen molar-refractivity contribution in [2.24, 2.45) is 0 Å². The molecule has 1 atom stereocenters. The van der Waals surface area contributed by atoms with Crippen LogP contribution in [0.15, 0.2) is 6.20 Å². The predicted octanol–water partition coefficient (Wildman–Crippen LogP) is 4.42. The van der Waals surface area contributed by atoms with Crippen LogP contribution in [0, 0.1) is 0 Å². The van der Waals surface area contributed by atoms with E-state index < -0.39 is 16.6 Å². The summed E-state index contributed by atoms with van der Waals surface area (Å²) in [6.07, 6.45) is 2.91. The third kappa shape index (κ3) is 5.62. The molecule has 1 aromatic rings. The molecular formula is C14H28N2O2Si2. The lowest BCUT2D eigenvalue weighted by atomic mass is 10.0. The number of hydrogen-bond donors (Lipinski definition) is 0. The van der Waals surface area contributed by atoms with Gasteiger partial charge in [0.1, 0.15) is 0 Å². The Morgan fingerprint density at radius 1 is 1.05 bits per heavy atom. The molecule has 1 rings (SSSR count). The third-order valence-corrected chi connectivity index (χ3v) is 4.30. The van der Waals surface area contributed by atoms with Gasteiger partial charge >= 0.3 is 6.01 Å². The molecule has 0 saturated carbocycles. The molecular weight excluding hydrogens is 284 g/mol. The van der Waals surface area contributed by atoms with E-state index in [4.69, 9.17) is 8.85 Å². The van der Waals surface area contributed by atoms with Crippen molar-refractivity contribution in [2.45, 2.75) is 65.5 Å². The van der Waals surface area contributed by atoms with Crippen LogP contribution >= 0.6 is 0 Å². The second-order valence-electron chi connectivity index (χ2n) is 7.15. The highest BCUT2D eigenvalue weighted by Gasteiger charge is 2.24. The zero-order chi connectivity index (χ0) is 15.6. The second kappa shape index (κ2) is 6.26. The fourth-order valence-corrected chi connectivity index (χ4v) is 3.00. The van der Waals surface area contributed by atoms with Crippen LogP contribution in [-0.4, -0.2) is 26.6 Å². The Kier molecular flexibility index (Phi) is 5.37. The summed E-state index contributed by atoms with van der Waals surface area (Å²) in [6.45, 7) is 17.2. The minimum Gasteiger partial charge on any atom is -0.531 e. The number of rotatable bonds is 6. The lowest BCUT2D eigenvalue weighted by molar-refractivity contribution is 0.465. The lowest BCUT2D eigenvalue weighted by Gasteiger charge is -2.24. The number of aromatic nitrogens is 2. The molecule has 114 valence electrons. The zero-order valence-electron chi connectivity index (χ0n) is 14.1. The minimum absolute atomic E-state index is 0.391. The molecule has 4 nitrogen and oxygen atoms in total. The molecule has 20 heavy (non-hydrogen) atoms. The van der Waals surface area contributed by atoms with Crippen molar-refractivity contribution in [1.82, 2.24) is 9.97 Å². The van der Waals surface area contributed by atoms with Crippen molar-refractivity contribution >= 4 is 16.6 Å². The summed E-state index contributed by atoms with van der Waals surface area (Å²) in [4.78, 5) is 8.89. The molecule has 0 fully saturated rings. The van der Waals surface area contributed by atoms with Crippen molar-refractivity contribution < 1.29 is 8.85 Å². The normalized spacial score (nSPS) is 14.0. The van der Waals surface area contributed by atoms with E-state index in [9.17, 15) is 0 Å². The summed E-state index contributed by atoms with van der Waals surface area (Å²) < 4.78 is 12.0. The maximum absolute atomic E-state index is 6.13. The Bertz CT molecular complexity index is 453. The summed E-state index contributed by atoms with van der Waals surface area (Å²) in [5.41, 5.74) is 1.08. The first-order valence-electron chi connectivity index (χ1n) is 7.27. The summed E-state index contributed by atoms with van der Waals surface area (Å²) in [5, 5.41) is 0. The maximum atomic E-state index is 6.13. The van der Waals surface area contributed by atoms with Crippen LogP contribution in [0.4, 0.5) is 0 Å². The van der Waals surface area contributed by atoms with Gasteiger partial charge in [0, 0.05) is 11.8 Å². The van der Waals surface area contributed by atoms with Gasteiger partial charge in [-0.25, -0.2) is 4.98 Å². The van der Waals surface area contributed by atoms with Crippen molar-refractivity contribution in [3.63, 3.8) is 0 Å². The topological polar surface area (TPSA) is 44.2 Å². The summed E-state index contributed by atoms with van der Waals surface area (Å²) in [6, 6.07) is 0.449. The monoisotopic (exact) mass is 312 g/mol. The minimum atomic E-state index is -1.70. The molecule has 0 aromatic carbocycles. The van der Waals surface area contributed by atoms with Gasteiger partial charge in [-0.1, -0.05) is 13.8 Å². The fraction of sp³-hybridized carbons (Fsp3) is 0.714. The van der Waals surface area contributed by atoms with E-state index in [-0.39, 0.29) is 0 Å². The SMILES string of the molecule is CC[C@H](C)c1cnc(O[Si](C)(C)C)nc1O[Si](C)(C)C. The smallest absolute Gasteiger partial charge is 0.305 e. The second-order valence-corrected chi connectivity index (χ2v) is 16.0. The molecule has 1 aromatic heterocycles. The molecule has 0 saturated heterocycles. The molecule has 0 aliphatic rings. The average Bonchev–Trinajstić information content (AvgIpc) is 2.24. The third-order valence-electron chi connectivity index (χ3n) is 2.70. The van der Waals surface area contributed by atoms with E-state index in [1.807, 2.05) is 6.20 Å². The molecule has 0 N–H and O–H groups in total. The molecule has 6 heteroatoms. The van der Waals surface area contributed by atoms with Crippen LogP contribution < -0.4 is 8.85 Å². The number of nitrogens with zero attached hydrogens (tertiary/aromatic N) is 2. The highest BCUT2D eigenvalue weighted by Crippen LogP contribution is 2.30. The molecule has 0 unspecified atom stereocenters. The van der Waals surface area contributed by atoms with Crippen molar-refractivity contribution in [3.05, 3.63) is 11.8 Å².